The maximum absolute atomic E-state index is 11.9. The number of amides is 1. The molecule has 3 unspecified atom stereocenters. The zero-order valence-corrected chi connectivity index (χ0v) is 12.2. The molecule has 4 nitrogen and oxygen atoms in total. The van der Waals surface area contributed by atoms with Gasteiger partial charge in [-0.3, -0.25) is 4.79 Å². The van der Waals surface area contributed by atoms with Crippen LogP contribution < -0.4 is 11.1 Å². The first-order valence-electron chi connectivity index (χ1n) is 6.93. The molecule has 106 valence electrons. The van der Waals surface area contributed by atoms with Crippen LogP contribution in [0.15, 0.2) is 0 Å². The smallest absolute Gasteiger partial charge is 0.221 e. The molecule has 0 aromatic rings. The highest BCUT2D eigenvalue weighted by molar-refractivity contribution is 5.76. The number of hydrogen-bond donors (Lipinski definition) is 2. The second-order valence-electron chi connectivity index (χ2n) is 6.70. The predicted octanol–water partition coefficient (Wildman–Crippen LogP) is 1.82. The standard InChI is InChI=1S/C14H28N2O2/c1-10-7-12(5-6-18-10)16-13(17)8-11(15)9-14(2,3)4/h10-12H,5-9,15H2,1-4H3,(H,16,17). The van der Waals surface area contributed by atoms with E-state index in [1.165, 1.54) is 0 Å². The van der Waals surface area contributed by atoms with Gasteiger partial charge in [0, 0.05) is 25.1 Å². The quantitative estimate of drug-likeness (QED) is 0.806. The summed E-state index contributed by atoms with van der Waals surface area (Å²) in [7, 11) is 0. The minimum Gasteiger partial charge on any atom is -0.378 e. The number of carbonyl (C=O) groups excluding carboxylic acids is 1. The largest absolute Gasteiger partial charge is 0.378 e. The molecule has 3 atom stereocenters. The fourth-order valence-electron chi connectivity index (χ4n) is 2.51. The van der Waals surface area contributed by atoms with Crippen molar-refractivity contribution in [1.82, 2.24) is 5.32 Å². The SMILES string of the molecule is CC1CC(NC(=O)CC(N)CC(C)(C)C)CCO1. The molecule has 1 saturated heterocycles. The molecule has 1 fully saturated rings. The van der Waals surface area contributed by atoms with Gasteiger partial charge in [0.05, 0.1) is 6.10 Å². The van der Waals surface area contributed by atoms with Crippen LogP contribution in [0.25, 0.3) is 0 Å². The van der Waals surface area contributed by atoms with Crippen molar-refractivity contribution in [3.63, 3.8) is 0 Å². The van der Waals surface area contributed by atoms with E-state index < -0.39 is 0 Å². The van der Waals surface area contributed by atoms with Crippen LogP contribution in [-0.2, 0) is 9.53 Å². The van der Waals surface area contributed by atoms with Crippen LogP contribution in [0.2, 0.25) is 0 Å². The van der Waals surface area contributed by atoms with E-state index in [9.17, 15) is 4.79 Å². The van der Waals surface area contributed by atoms with E-state index in [-0.39, 0.29) is 29.5 Å². The molecule has 0 aliphatic carbocycles. The highest BCUT2D eigenvalue weighted by Crippen LogP contribution is 2.21. The van der Waals surface area contributed by atoms with Gasteiger partial charge in [-0.05, 0) is 31.6 Å². The summed E-state index contributed by atoms with van der Waals surface area (Å²) in [6, 6.07) is 0.199. The van der Waals surface area contributed by atoms with E-state index in [1.807, 2.05) is 6.92 Å². The maximum Gasteiger partial charge on any atom is 0.221 e. The van der Waals surface area contributed by atoms with Crippen molar-refractivity contribution in [3.05, 3.63) is 0 Å². The van der Waals surface area contributed by atoms with Crippen LogP contribution in [0, 0.1) is 5.41 Å². The molecule has 0 aromatic heterocycles. The predicted molar refractivity (Wildman–Crippen MR) is 73.2 cm³/mol. The highest BCUT2D eigenvalue weighted by Gasteiger charge is 2.23. The van der Waals surface area contributed by atoms with Gasteiger partial charge in [-0.15, -0.1) is 0 Å². The molecule has 1 heterocycles. The van der Waals surface area contributed by atoms with Crippen LogP contribution in [0.4, 0.5) is 0 Å². The number of rotatable bonds is 4. The van der Waals surface area contributed by atoms with Gasteiger partial charge in [-0.1, -0.05) is 20.8 Å². The van der Waals surface area contributed by atoms with Crippen molar-refractivity contribution >= 4 is 5.91 Å². The Balaban J connectivity index is 2.28. The molecule has 0 spiro atoms. The summed E-state index contributed by atoms with van der Waals surface area (Å²) in [4.78, 5) is 11.9. The molecule has 0 saturated carbocycles. The number of nitrogens with one attached hydrogen (secondary N) is 1. The van der Waals surface area contributed by atoms with E-state index in [4.69, 9.17) is 10.5 Å². The number of ether oxygens (including phenoxy) is 1. The summed E-state index contributed by atoms with van der Waals surface area (Å²) in [5.74, 6) is 0.0749. The second kappa shape index (κ2) is 6.53. The van der Waals surface area contributed by atoms with Crippen LogP contribution >= 0.6 is 0 Å². The number of nitrogens with two attached hydrogens (primary N) is 1. The third-order valence-corrected chi connectivity index (χ3v) is 3.17. The molecule has 1 aliphatic heterocycles. The van der Waals surface area contributed by atoms with Gasteiger partial charge in [0.25, 0.3) is 0 Å². The number of hydrogen-bond acceptors (Lipinski definition) is 3. The Morgan fingerprint density at radius 1 is 1.50 bits per heavy atom. The van der Waals surface area contributed by atoms with E-state index in [0.717, 1.165) is 25.9 Å². The monoisotopic (exact) mass is 256 g/mol. The third kappa shape index (κ3) is 6.36. The molecule has 1 rings (SSSR count). The molecule has 0 aromatic carbocycles. The Bertz CT molecular complexity index is 273. The fraction of sp³-hybridized carbons (Fsp3) is 0.929. The summed E-state index contributed by atoms with van der Waals surface area (Å²) in [5, 5.41) is 3.07. The van der Waals surface area contributed by atoms with Crippen LogP contribution in [0.3, 0.4) is 0 Å². The summed E-state index contributed by atoms with van der Waals surface area (Å²) < 4.78 is 5.46. The number of carbonyl (C=O) groups is 1. The van der Waals surface area contributed by atoms with Crippen molar-refractivity contribution < 1.29 is 9.53 Å². The lowest BCUT2D eigenvalue weighted by atomic mass is 9.87. The molecule has 3 N–H and O–H groups in total. The van der Waals surface area contributed by atoms with Gasteiger partial charge in [-0.25, -0.2) is 0 Å². The summed E-state index contributed by atoms with van der Waals surface area (Å²) in [6.45, 7) is 9.21. The molecular formula is C14H28N2O2. The Labute approximate surface area is 111 Å². The van der Waals surface area contributed by atoms with Crippen LogP contribution in [-0.4, -0.2) is 30.7 Å². The van der Waals surface area contributed by atoms with Gasteiger partial charge < -0.3 is 15.8 Å². The van der Waals surface area contributed by atoms with Gasteiger partial charge in [-0.2, -0.15) is 0 Å². The topological polar surface area (TPSA) is 64.4 Å². The van der Waals surface area contributed by atoms with Crippen molar-refractivity contribution in [2.45, 2.75) is 71.6 Å². The fourth-order valence-corrected chi connectivity index (χ4v) is 2.51. The Kier molecular flexibility index (Phi) is 5.60. The van der Waals surface area contributed by atoms with Gasteiger partial charge in [0.15, 0.2) is 0 Å². The van der Waals surface area contributed by atoms with Crippen molar-refractivity contribution in [3.8, 4) is 0 Å². The third-order valence-electron chi connectivity index (χ3n) is 3.17. The molecule has 0 bridgehead atoms. The van der Waals surface area contributed by atoms with Crippen molar-refractivity contribution in [2.75, 3.05) is 6.61 Å². The molecule has 18 heavy (non-hydrogen) atoms. The first-order chi connectivity index (χ1) is 8.26. The Morgan fingerprint density at radius 2 is 2.17 bits per heavy atom. The van der Waals surface area contributed by atoms with E-state index in [0.29, 0.717) is 6.42 Å². The Hall–Kier alpha value is -0.610. The average Bonchev–Trinajstić information content (AvgIpc) is 2.13. The van der Waals surface area contributed by atoms with Crippen molar-refractivity contribution in [1.29, 1.82) is 0 Å². The molecular weight excluding hydrogens is 228 g/mol. The minimum atomic E-state index is -0.0535. The molecule has 1 amide bonds. The average molecular weight is 256 g/mol. The van der Waals surface area contributed by atoms with E-state index in [2.05, 4.69) is 26.1 Å². The van der Waals surface area contributed by atoms with Crippen LogP contribution in [0.1, 0.15) is 53.4 Å². The highest BCUT2D eigenvalue weighted by atomic mass is 16.5. The van der Waals surface area contributed by atoms with Gasteiger partial charge in [0.2, 0.25) is 5.91 Å². The molecule has 4 heteroatoms. The normalized spacial score (nSPS) is 26.7. The molecule has 1 aliphatic rings. The lowest BCUT2D eigenvalue weighted by molar-refractivity contribution is -0.123. The lowest BCUT2D eigenvalue weighted by Crippen LogP contribution is -2.43. The zero-order chi connectivity index (χ0) is 13.8. The van der Waals surface area contributed by atoms with Crippen molar-refractivity contribution in [2.24, 2.45) is 11.1 Å². The van der Waals surface area contributed by atoms with E-state index in [1.54, 1.807) is 0 Å². The first-order valence-corrected chi connectivity index (χ1v) is 6.93. The minimum absolute atomic E-state index is 0.0535. The zero-order valence-electron chi connectivity index (χ0n) is 12.2. The molecule has 0 radical (unpaired) electrons. The van der Waals surface area contributed by atoms with Crippen LogP contribution in [0.5, 0.6) is 0 Å². The summed E-state index contributed by atoms with van der Waals surface area (Å²) in [6.07, 6.45) is 3.34. The lowest BCUT2D eigenvalue weighted by Gasteiger charge is -2.29. The summed E-state index contributed by atoms with van der Waals surface area (Å²) in [5.41, 5.74) is 6.18. The second-order valence-corrected chi connectivity index (χ2v) is 6.70. The summed E-state index contributed by atoms with van der Waals surface area (Å²) >= 11 is 0. The van der Waals surface area contributed by atoms with E-state index >= 15 is 0 Å². The Morgan fingerprint density at radius 3 is 2.72 bits per heavy atom. The first kappa shape index (κ1) is 15.4. The van der Waals surface area contributed by atoms with Gasteiger partial charge in [0.1, 0.15) is 0 Å². The van der Waals surface area contributed by atoms with Gasteiger partial charge >= 0.3 is 0 Å². The maximum atomic E-state index is 11.9.